The van der Waals surface area contributed by atoms with Crippen LogP contribution in [0, 0.1) is 6.92 Å². The van der Waals surface area contributed by atoms with Gasteiger partial charge in [0.15, 0.2) is 6.10 Å². The molecule has 0 spiro atoms. The Morgan fingerprint density at radius 1 is 1.16 bits per heavy atom. The quantitative estimate of drug-likeness (QED) is 0.738. The molecule has 1 amide bonds. The van der Waals surface area contributed by atoms with Crippen molar-refractivity contribution in [3.05, 3.63) is 53.6 Å². The molecule has 8 heteroatoms. The normalized spacial score (nSPS) is 21.6. The van der Waals surface area contributed by atoms with E-state index < -0.39 is 16.1 Å². The second kappa shape index (κ2) is 8.31. The van der Waals surface area contributed by atoms with Crippen LogP contribution in [0.5, 0.6) is 11.5 Å². The monoisotopic (exact) mass is 458 g/mol. The van der Waals surface area contributed by atoms with Crippen molar-refractivity contribution in [3.63, 3.8) is 0 Å². The third-order valence-corrected chi connectivity index (χ3v) is 7.63. The molecular formula is C24H30N2O5S. The Kier molecular flexibility index (Phi) is 5.83. The first-order valence-electron chi connectivity index (χ1n) is 11.0. The molecule has 7 nitrogen and oxygen atoms in total. The maximum Gasteiger partial charge on any atom is 0.263 e. The van der Waals surface area contributed by atoms with Crippen molar-refractivity contribution in [2.45, 2.75) is 57.8 Å². The molecule has 2 atom stereocenters. The number of para-hydroxylation sites is 1. The predicted molar refractivity (Wildman–Crippen MR) is 124 cm³/mol. The number of rotatable bonds is 5. The number of nitrogens with zero attached hydrogens (tertiary/aromatic N) is 1. The summed E-state index contributed by atoms with van der Waals surface area (Å²) in [6, 6.07) is 12.8. The minimum atomic E-state index is -3.58. The Labute approximate surface area is 189 Å². The standard InChI is InChI=1S/C24H30N2O5S/c1-5-24(6-2)14-18(17-9-7-8-10-20(17)31-24)25-23(27)22-15-26(32(4,28)29)19-13-16(3)11-12-21(19)30-22/h7-13,18,22H,5-6,14-15H2,1-4H3,(H,25,27)/t18-,22-/m1/s1. The highest BCUT2D eigenvalue weighted by Gasteiger charge is 2.41. The summed E-state index contributed by atoms with van der Waals surface area (Å²) >= 11 is 0. The van der Waals surface area contributed by atoms with Gasteiger partial charge in [0.1, 0.15) is 17.1 Å². The molecule has 0 aromatic heterocycles. The minimum absolute atomic E-state index is 0.0707. The van der Waals surface area contributed by atoms with E-state index in [1.165, 1.54) is 4.31 Å². The van der Waals surface area contributed by atoms with Crippen molar-refractivity contribution in [1.29, 1.82) is 0 Å². The number of amides is 1. The van der Waals surface area contributed by atoms with Gasteiger partial charge >= 0.3 is 0 Å². The van der Waals surface area contributed by atoms with E-state index in [1.807, 2.05) is 37.3 Å². The summed E-state index contributed by atoms with van der Waals surface area (Å²) in [6.07, 6.45) is 2.47. The van der Waals surface area contributed by atoms with Crippen LogP contribution < -0.4 is 19.1 Å². The number of hydrogen-bond donors (Lipinski definition) is 1. The summed E-state index contributed by atoms with van der Waals surface area (Å²) < 4.78 is 38.5. The summed E-state index contributed by atoms with van der Waals surface area (Å²) in [6.45, 7) is 5.99. The van der Waals surface area contributed by atoms with Crippen LogP contribution in [-0.4, -0.2) is 38.8 Å². The first-order chi connectivity index (χ1) is 15.2. The van der Waals surface area contributed by atoms with Gasteiger partial charge in [-0.15, -0.1) is 0 Å². The molecule has 2 aliphatic rings. The zero-order valence-electron chi connectivity index (χ0n) is 18.9. The largest absolute Gasteiger partial charge is 0.487 e. The van der Waals surface area contributed by atoms with Crippen LogP contribution in [0.4, 0.5) is 5.69 Å². The number of ether oxygens (including phenoxy) is 2. The average molecular weight is 459 g/mol. The first kappa shape index (κ1) is 22.5. The van der Waals surface area contributed by atoms with Gasteiger partial charge in [0, 0.05) is 12.0 Å². The molecule has 2 aliphatic heterocycles. The second-order valence-corrected chi connectivity index (χ2v) is 10.6. The smallest absolute Gasteiger partial charge is 0.263 e. The summed E-state index contributed by atoms with van der Waals surface area (Å²) in [7, 11) is -3.58. The molecule has 2 aromatic rings. The van der Waals surface area contributed by atoms with Crippen LogP contribution in [0.1, 0.15) is 50.3 Å². The first-order valence-corrected chi connectivity index (χ1v) is 12.8. The molecule has 0 bridgehead atoms. The number of aryl methyl sites for hydroxylation is 1. The lowest BCUT2D eigenvalue weighted by Gasteiger charge is -2.42. The fourth-order valence-electron chi connectivity index (χ4n) is 4.51. The van der Waals surface area contributed by atoms with Gasteiger partial charge < -0.3 is 14.8 Å². The Morgan fingerprint density at radius 3 is 2.56 bits per heavy atom. The minimum Gasteiger partial charge on any atom is -0.487 e. The highest BCUT2D eigenvalue weighted by atomic mass is 32.2. The van der Waals surface area contributed by atoms with Gasteiger partial charge in [0.25, 0.3) is 5.91 Å². The number of benzene rings is 2. The molecular weight excluding hydrogens is 428 g/mol. The third kappa shape index (κ3) is 4.16. The summed E-state index contributed by atoms with van der Waals surface area (Å²) in [4.78, 5) is 13.3. The number of carbonyl (C=O) groups is 1. The number of fused-ring (bicyclic) bond motifs is 2. The van der Waals surface area contributed by atoms with E-state index >= 15 is 0 Å². The zero-order valence-corrected chi connectivity index (χ0v) is 19.7. The van der Waals surface area contributed by atoms with E-state index in [9.17, 15) is 13.2 Å². The van der Waals surface area contributed by atoms with Crippen LogP contribution in [0.3, 0.4) is 0 Å². The van der Waals surface area contributed by atoms with Gasteiger partial charge in [-0.3, -0.25) is 9.10 Å². The van der Waals surface area contributed by atoms with E-state index in [-0.39, 0.29) is 24.1 Å². The van der Waals surface area contributed by atoms with E-state index in [4.69, 9.17) is 9.47 Å². The molecule has 4 rings (SSSR count). The highest BCUT2D eigenvalue weighted by Crippen LogP contribution is 2.43. The molecule has 0 aliphatic carbocycles. The van der Waals surface area contributed by atoms with Crippen molar-refractivity contribution < 1.29 is 22.7 Å². The molecule has 32 heavy (non-hydrogen) atoms. The maximum atomic E-state index is 13.3. The van der Waals surface area contributed by atoms with Crippen molar-refractivity contribution in [3.8, 4) is 11.5 Å². The van der Waals surface area contributed by atoms with Crippen LogP contribution in [0.2, 0.25) is 0 Å². The third-order valence-electron chi connectivity index (χ3n) is 6.48. The number of nitrogens with one attached hydrogen (secondary N) is 1. The number of anilines is 1. The zero-order chi connectivity index (χ0) is 23.1. The van der Waals surface area contributed by atoms with E-state index in [2.05, 4.69) is 19.2 Å². The van der Waals surface area contributed by atoms with Crippen LogP contribution in [0.25, 0.3) is 0 Å². The van der Waals surface area contributed by atoms with Crippen LogP contribution in [0.15, 0.2) is 42.5 Å². The maximum absolute atomic E-state index is 13.3. The lowest BCUT2D eigenvalue weighted by Crippen LogP contribution is -2.52. The van der Waals surface area contributed by atoms with Crippen molar-refractivity contribution in [1.82, 2.24) is 5.32 Å². The van der Waals surface area contributed by atoms with Crippen LogP contribution >= 0.6 is 0 Å². The van der Waals surface area contributed by atoms with Gasteiger partial charge in [0.2, 0.25) is 10.0 Å². The number of hydrogen-bond acceptors (Lipinski definition) is 5. The molecule has 0 saturated carbocycles. The Bertz CT molecular complexity index is 1130. The Balaban J connectivity index is 1.62. The lowest BCUT2D eigenvalue weighted by molar-refractivity contribution is -0.129. The molecule has 0 fully saturated rings. The summed E-state index contributed by atoms with van der Waals surface area (Å²) in [5.74, 6) is 0.819. The second-order valence-electron chi connectivity index (χ2n) is 8.67. The van der Waals surface area contributed by atoms with E-state index in [0.717, 1.165) is 36.0 Å². The van der Waals surface area contributed by atoms with E-state index in [0.29, 0.717) is 17.9 Å². The van der Waals surface area contributed by atoms with Crippen molar-refractivity contribution >= 4 is 21.6 Å². The lowest BCUT2D eigenvalue weighted by atomic mass is 9.83. The van der Waals surface area contributed by atoms with Gasteiger partial charge in [-0.25, -0.2) is 8.42 Å². The summed E-state index contributed by atoms with van der Waals surface area (Å²) in [5, 5.41) is 3.12. The molecule has 1 N–H and O–H groups in total. The molecule has 0 unspecified atom stereocenters. The number of sulfonamides is 1. The van der Waals surface area contributed by atoms with Crippen LogP contribution in [-0.2, 0) is 14.8 Å². The van der Waals surface area contributed by atoms with Gasteiger partial charge in [0.05, 0.1) is 24.5 Å². The predicted octanol–water partition coefficient (Wildman–Crippen LogP) is 3.72. The molecule has 172 valence electrons. The highest BCUT2D eigenvalue weighted by molar-refractivity contribution is 7.92. The fraction of sp³-hybridized carbons (Fsp3) is 0.458. The SMILES string of the molecule is CCC1(CC)C[C@@H](NC(=O)[C@H]2CN(S(C)(=O)=O)c3cc(C)ccc3O2)c2ccccc2O1. The van der Waals surface area contributed by atoms with Crippen molar-refractivity contribution in [2.24, 2.45) is 0 Å². The summed E-state index contributed by atoms with van der Waals surface area (Å²) in [5.41, 5.74) is 1.94. The molecule has 2 aromatic carbocycles. The average Bonchev–Trinajstić information content (AvgIpc) is 2.77. The Morgan fingerprint density at radius 2 is 1.88 bits per heavy atom. The van der Waals surface area contributed by atoms with Crippen molar-refractivity contribution in [2.75, 3.05) is 17.1 Å². The van der Waals surface area contributed by atoms with Gasteiger partial charge in [-0.2, -0.15) is 0 Å². The molecule has 0 radical (unpaired) electrons. The van der Waals surface area contributed by atoms with E-state index in [1.54, 1.807) is 12.1 Å². The fourth-order valence-corrected chi connectivity index (χ4v) is 5.41. The van der Waals surface area contributed by atoms with Gasteiger partial charge in [-0.1, -0.05) is 38.1 Å². The number of carbonyl (C=O) groups excluding carboxylic acids is 1. The molecule has 0 saturated heterocycles. The Hall–Kier alpha value is -2.74. The topological polar surface area (TPSA) is 84.9 Å². The van der Waals surface area contributed by atoms with Gasteiger partial charge in [-0.05, 0) is 43.5 Å². The molecule has 2 heterocycles.